The van der Waals surface area contributed by atoms with E-state index in [0.717, 1.165) is 11.0 Å². The molecule has 8 heteroatoms. The van der Waals surface area contributed by atoms with Crippen LogP contribution in [-0.4, -0.2) is 44.8 Å². The molecule has 0 aromatic heterocycles. The zero-order valence-electron chi connectivity index (χ0n) is 10.4. The van der Waals surface area contributed by atoms with Gasteiger partial charge in [-0.05, 0) is 6.42 Å². The van der Waals surface area contributed by atoms with Gasteiger partial charge in [-0.3, -0.25) is 29.4 Å². The Balaban J connectivity index is 2.26. The highest BCUT2D eigenvalue weighted by atomic mass is 16.6. The zero-order chi connectivity index (χ0) is 14.9. The largest absolute Gasteiger partial charge is 0.481 e. The monoisotopic (exact) mass is 280 g/mol. The first-order valence-corrected chi connectivity index (χ1v) is 5.99. The summed E-state index contributed by atoms with van der Waals surface area (Å²) in [5, 5.41) is 19.8. The highest BCUT2D eigenvalue weighted by Crippen LogP contribution is 2.37. The summed E-state index contributed by atoms with van der Waals surface area (Å²) in [5.41, 5.74) is -2.07. The van der Waals surface area contributed by atoms with Crippen LogP contribution in [0.2, 0.25) is 0 Å². The summed E-state index contributed by atoms with van der Waals surface area (Å²) in [6, 6.07) is 0. The van der Waals surface area contributed by atoms with E-state index in [9.17, 15) is 24.5 Å². The van der Waals surface area contributed by atoms with Crippen LogP contribution < -0.4 is 0 Å². The van der Waals surface area contributed by atoms with Crippen molar-refractivity contribution in [2.75, 3.05) is 6.54 Å². The van der Waals surface area contributed by atoms with Crippen LogP contribution in [0.15, 0.2) is 24.3 Å². The molecule has 0 aromatic rings. The molecule has 2 aliphatic rings. The maximum atomic E-state index is 12.2. The Kier molecular flexibility index (Phi) is 3.39. The molecular weight excluding hydrogens is 268 g/mol. The van der Waals surface area contributed by atoms with Gasteiger partial charge >= 0.3 is 17.4 Å². The minimum atomic E-state index is -2.07. The Morgan fingerprint density at radius 1 is 1.45 bits per heavy atom. The number of carboxylic acids is 1. The number of aliphatic carboxylic acids is 1. The second-order valence-electron chi connectivity index (χ2n) is 4.60. The molecule has 1 aliphatic carbocycles. The van der Waals surface area contributed by atoms with E-state index in [1.54, 1.807) is 0 Å². The average Bonchev–Trinajstić information content (AvgIpc) is 2.62. The fraction of sp³-hybridized carbons (Fsp3) is 0.417. The molecule has 0 saturated carbocycles. The van der Waals surface area contributed by atoms with E-state index < -0.39 is 34.2 Å². The summed E-state index contributed by atoms with van der Waals surface area (Å²) in [6.07, 6.45) is 5.17. The molecule has 0 aromatic carbocycles. The first kappa shape index (κ1) is 13.9. The number of likely N-dealkylation sites (tertiary alicyclic amines) is 1. The maximum Gasteiger partial charge on any atom is 0.332 e. The van der Waals surface area contributed by atoms with E-state index in [1.165, 1.54) is 18.2 Å². The number of carboxylic acid groups (broad SMARTS) is 1. The van der Waals surface area contributed by atoms with Gasteiger partial charge in [-0.1, -0.05) is 18.2 Å². The first-order chi connectivity index (χ1) is 9.41. The Bertz CT molecular complexity index is 552. The third-order valence-corrected chi connectivity index (χ3v) is 3.43. The van der Waals surface area contributed by atoms with Crippen LogP contribution in [0.4, 0.5) is 0 Å². The van der Waals surface area contributed by atoms with E-state index in [-0.39, 0.29) is 19.4 Å². The fourth-order valence-electron chi connectivity index (χ4n) is 2.44. The van der Waals surface area contributed by atoms with Crippen molar-refractivity contribution < 1.29 is 24.4 Å². The number of hydrogen-bond donors (Lipinski definition) is 1. The van der Waals surface area contributed by atoms with E-state index in [2.05, 4.69) is 0 Å². The molecule has 106 valence electrons. The Morgan fingerprint density at radius 2 is 2.15 bits per heavy atom. The van der Waals surface area contributed by atoms with Gasteiger partial charge in [0.15, 0.2) is 0 Å². The zero-order valence-corrected chi connectivity index (χ0v) is 10.4. The molecule has 0 radical (unpaired) electrons. The SMILES string of the molecule is O=C(O)CCCN1C(=O)C2C=CC=CC2([N+](=O)[O-])C1=O. The van der Waals surface area contributed by atoms with E-state index in [4.69, 9.17) is 5.11 Å². The number of carbonyl (C=O) groups excluding carboxylic acids is 2. The summed E-state index contributed by atoms with van der Waals surface area (Å²) < 4.78 is 0. The van der Waals surface area contributed by atoms with Gasteiger partial charge in [-0.2, -0.15) is 0 Å². The average molecular weight is 280 g/mol. The molecule has 1 N–H and O–H groups in total. The van der Waals surface area contributed by atoms with Gasteiger partial charge in [0.2, 0.25) is 5.91 Å². The van der Waals surface area contributed by atoms with Gasteiger partial charge in [-0.15, -0.1) is 0 Å². The summed E-state index contributed by atoms with van der Waals surface area (Å²) in [5.74, 6) is -3.76. The Hall–Kier alpha value is -2.51. The molecule has 0 spiro atoms. The van der Waals surface area contributed by atoms with Crippen LogP contribution in [0.5, 0.6) is 0 Å². The highest BCUT2D eigenvalue weighted by molar-refractivity contribution is 6.11. The van der Waals surface area contributed by atoms with Crippen LogP contribution in [0.25, 0.3) is 0 Å². The van der Waals surface area contributed by atoms with Gasteiger partial charge in [0.05, 0.1) is 0 Å². The number of amides is 2. The van der Waals surface area contributed by atoms with Crippen molar-refractivity contribution in [2.24, 2.45) is 5.92 Å². The number of fused-ring (bicyclic) bond motifs is 1. The first-order valence-electron chi connectivity index (χ1n) is 5.99. The Labute approximate surface area is 113 Å². The van der Waals surface area contributed by atoms with Crippen molar-refractivity contribution in [1.82, 2.24) is 4.90 Å². The molecule has 1 heterocycles. The van der Waals surface area contributed by atoms with E-state index >= 15 is 0 Å². The summed E-state index contributed by atoms with van der Waals surface area (Å²) in [7, 11) is 0. The lowest BCUT2D eigenvalue weighted by Gasteiger charge is -2.19. The van der Waals surface area contributed by atoms with Crippen molar-refractivity contribution in [3.8, 4) is 0 Å². The molecule has 8 nitrogen and oxygen atoms in total. The number of allylic oxidation sites excluding steroid dienone is 2. The standard InChI is InChI=1S/C12H12N2O6/c15-9(16)5-3-7-13-10(17)8-4-1-2-6-12(8,11(13)18)14(19)20/h1-2,4,6,8H,3,5,7H2,(H,15,16). The van der Waals surface area contributed by atoms with Gasteiger partial charge in [-0.25, -0.2) is 0 Å². The number of nitrogens with zero attached hydrogens (tertiary/aromatic N) is 2. The number of imide groups is 1. The molecule has 1 fully saturated rings. The van der Waals surface area contributed by atoms with E-state index in [1.807, 2.05) is 0 Å². The van der Waals surface area contributed by atoms with Crippen LogP contribution in [0.3, 0.4) is 0 Å². The van der Waals surface area contributed by atoms with Crippen molar-refractivity contribution in [3.05, 3.63) is 34.4 Å². The van der Waals surface area contributed by atoms with Crippen LogP contribution >= 0.6 is 0 Å². The predicted molar refractivity (Wildman–Crippen MR) is 65.1 cm³/mol. The lowest BCUT2D eigenvalue weighted by molar-refractivity contribution is -0.541. The molecule has 2 rings (SSSR count). The molecule has 2 amide bonds. The van der Waals surface area contributed by atoms with Crippen molar-refractivity contribution in [3.63, 3.8) is 0 Å². The minimum absolute atomic E-state index is 0.0702. The molecule has 1 saturated heterocycles. The quantitative estimate of drug-likeness (QED) is 0.429. The molecule has 20 heavy (non-hydrogen) atoms. The third kappa shape index (κ3) is 1.89. The van der Waals surface area contributed by atoms with Crippen LogP contribution in [0.1, 0.15) is 12.8 Å². The topological polar surface area (TPSA) is 118 Å². The molecule has 1 aliphatic heterocycles. The normalized spacial score (nSPS) is 27.8. The van der Waals surface area contributed by atoms with Gasteiger partial charge < -0.3 is 5.11 Å². The summed E-state index contributed by atoms with van der Waals surface area (Å²) in [4.78, 5) is 46.1. The summed E-state index contributed by atoms with van der Waals surface area (Å²) in [6.45, 7) is -0.127. The van der Waals surface area contributed by atoms with Crippen molar-refractivity contribution in [2.45, 2.75) is 18.4 Å². The number of rotatable bonds is 5. The lowest BCUT2D eigenvalue weighted by Crippen LogP contribution is -2.49. The van der Waals surface area contributed by atoms with Crippen LogP contribution in [0, 0.1) is 16.0 Å². The number of hydrogen-bond acceptors (Lipinski definition) is 5. The number of nitro groups is 1. The van der Waals surface area contributed by atoms with Gasteiger partial charge in [0, 0.05) is 24.0 Å². The van der Waals surface area contributed by atoms with Gasteiger partial charge in [0.1, 0.15) is 5.92 Å². The third-order valence-electron chi connectivity index (χ3n) is 3.43. The highest BCUT2D eigenvalue weighted by Gasteiger charge is 2.67. The number of carbonyl (C=O) groups is 3. The van der Waals surface area contributed by atoms with Crippen LogP contribution in [-0.2, 0) is 14.4 Å². The smallest absolute Gasteiger partial charge is 0.332 e. The minimum Gasteiger partial charge on any atom is -0.481 e. The molecule has 2 unspecified atom stereocenters. The van der Waals surface area contributed by atoms with E-state index in [0.29, 0.717) is 0 Å². The fourth-order valence-corrected chi connectivity index (χ4v) is 2.44. The maximum absolute atomic E-state index is 12.2. The molecular formula is C12H12N2O6. The second-order valence-corrected chi connectivity index (χ2v) is 4.60. The van der Waals surface area contributed by atoms with Gasteiger partial charge in [0.25, 0.3) is 0 Å². The van der Waals surface area contributed by atoms with Crippen molar-refractivity contribution in [1.29, 1.82) is 0 Å². The molecule has 0 bridgehead atoms. The predicted octanol–water partition coefficient (Wildman–Crippen LogP) is -0.0223. The summed E-state index contributed by atoms with van der Waals surface area (Å²) >= 11 is 0. The van der Waals surface area contributed by atoms with Crippen molar-refractivity contribution >= 4 is 17.8 Å². The lowest BCUT2D eigenvalue weighted by atomic mass is 9.83. The second kappa shape index (κ2) is 4.87. The Morgan fingerprint density at radius 3 is 2.70 bits per heavy atom. The molecule has 2 atom stereocenters.